The molecule has 160 valence electrons. The SMILES string of the molecule is C=C1CCC(N2Cc3cc(CCC(=O)Cc4ccc(CC)cc4)ccc3C2=O)C(=O)C1. The Morgan fingerprint density at radius 1 is 1.06 bits per heavy atom. The van der Waals surface area contributed by atoms with Gasteiger partial charge in [0, 0.05) is 31.4 Å². The van der Waals surface area contributed by atoms with Crippen LogP contribution in [0.2, 0.25) is 0 Å². The molecule has 1 saturated carbocycles. The summed E-state index contributed by atoms with van der Waals surface area (Å²) in [5.74, 6) is 0.254. The number of nitrogens with zero attached hydrogens (tertiary/aromatic N) is 1. The van der Waals surface area contributed by atoms with Crippen molar-refractivity contribution < 1.29 is 14.4 Å². The number of amides is 1. The van der Waals surface area contributed by atoms with Gasteiger partial charge in [0.25, 0.3) is 5.91 Å². The molecule has 2 aliphatic rings. The molecule has 1 aliphatic carbocycles. The van der Waals surface area contributed by atoms with Crippen LogP contribution in [0.1, 0.15) is 65.2 Å². The second kappa shape index (κ2) is 9.01. The van der Waals surface area contributed by atoms with Crippen LogP contribution >= 0.6 is 0 Å². The maximum Gasteiger partial charge on any atom is 0.255 e. The van der Waals surface area contributed by atoms with E-state index in [9.17, 15) is 14.4 Å². The van der Waals surface area contributed by atoms with E-state index >= 15 is 0 Å². The fourth-order valence-electron chi connectivity index (χ4n) is 4.58. The van der Waals surface area contributed by atoms with Gasteiger partial charge >= 0.3 is 0 Å². The summed E-state index contributed by atoms with van der Waals surface area (Å²) in [7, 11) is 0. The molecule has 4 heteroatoms. The molecule has 0 radical (unpaired) electrons. The van der Waals surface area contributed by atoms with E-state index in [1.807, 2.05) is 30.3 Å². The molecule has 0 aromatic heterocycles. The number of fused-ring (bicyclic) bond motifs is 1. The van der Waals surface area contributed by atoms with E-state index in [1.165, 1.54) is 5.56 Å². The zero-order chi connectivity index (χ0) is 22.0. The molecule has 31 heavy (non-hydrogen) atoms. The normalized spacial score (nSPS) is 18.4. The topological polar surface area (TPSA) is 54.5 Å². The van der Waals surface area contributed by atoms with Crippen LogP contribution in [0.5, 0.6) is 0 Å². The number of benzene rings is 2. The second-order valence-electron chi connectivity index (χ2n) is 8.76. The number of hydrogen-bond acceptors (Lipinski definition) is 3. The van der Waals surface area contributed by atoms with Gasteiger partial charge < -0.3 is 4.90 Å². The van der Waals surface area contributed by atoms with Gasteiger partial charge in [-0.15, -0.1) is 0 Å². The number of hydrogen-bond donors (Lipinski definition) is 0. The summed E-state index contributed by atoms with van der Waals surface area (Å²) in [6.45, 7) is 6.51. The Labute approximate surface area is 184 Å². The van der Waals surface area contributed by atoms with E-state index < -0.39 is 0 Å². The molecular weight excluding hydrogens is 386 g/mol. The molecular formula is C27H29NO3. The van der Waals surface area contributed by atoms with Gasteiger partial charge in [-0.2, -0.15) is 0 Å². The van der Waals surface area contributed by atoms with Gasteiger partial charge in [0.2, 0.25) is 0 Å². The smallest absolute Gasteiger partial charge is 0.255 e. The lowest BCUT2D eigenvalue weighted by molar-refractivity contribution is -0.124. The largest absolute Gasteiger partial charge is 0.324 e. The number of ketones is 2. The van der Waals surface area contributed by atoms with Crippen molar-refractivity contribution in [2.24, 2.45) is 0 Å². The molecule has 0 saturated heterocycles. The number of carbonyl (C=O) groups is 3. The standard InChI is InChI=1S/C27H29NO3/c1-3-19-5-7-21(8-6-19)16-23(29)11-9-20-10-12-24-22(15-20)17-28(27(24)31)25-13-4-18(2)14-26(25)30/h5-8,10,12,15,25H,2-4,9,11,13-14,16-17H2,1H3. The zero-order valence-electron chi connectivity index (χ0n) is 18.2. The fraction of sp³-hybridized carbons (Fsp3) is 0.370. The van der Waals surface area contributed by atoms with Gasteiger partial charge in [0.1, 0.15) is 5.78 Å². The Morgan fingerprint density at radius 3 is 2.48 bits per heavy atom. The number of aryl methyl sites for hydroxylation is 2. The zero-order valence-corrected chi connectivity index (χ0v) is 18.2. The molecule has 2 aromatic carbocycles. The monoisotopic (exact) mass is 415 g/mol. The summed E-state index contributed by atoms with van der Waals surface area (Å²) in [4.78, 5) is 39.4. The number of rotatable bonds is 7. The van der Waals surface area contributed by atoms with Crippen LogP contribution < -0.4 is 0 Å². The first-order valence-corrected chi connectivity index (χ1v) is 11.2. The summed E-state index contributed by atoms with van der Waals surface area (Å²) in [5, 5.41) is 0. The van der Waals surface area contributed by atoms with Crippen molar-refractivity contribution in [2.45, 2.75) is 64.5 Å². The van der Waals surface area contributed by atoms with Crippen molar-refractivity contribution in [3.8, 4) is 0 Å². The van der Waals surface area contributed by atoms with E-state index in [1.54, 1.807) is 4.90 Å². The maximum atomic E-state index is 12.8. The van der Waals surface area contributed by atoms with E-state index in [0.717, 1.165) is 35.1 Å². The van der Waals surface area contributed by atoms with Crippen LogP contribution in [0.4, 0.5) is 0 Å². The van der Waals surface area contributed by atoms with E-state index in [4.69, 9.17) is 0 Å². The molecule has 1 aliphatic heterocycles. The van der Waals surface area contributed by atoms with E-state index in [-0.39, 0.29) is 23.5 Å². The first-order chi connectivity index (χ1) is 14.9. The van der Waals surface area contributed by atoms with Gasteiger partial charge in [-0.25, -0.2) is 0 Å². The van der Waals surface area contributed by atoms with Gasteiger partial charge in [-0.1, -0.05) is 55.5 Å². The van der Waals surface area contributed by atoms with Gasteiger partial charge in [0.05, 0.1) is 6.04 Å². The van der Waals surface area contributed by atoms with Crippen molar-refractivity contribution in [2.75, 3.05) is 0 Å². The molecule has 0 spiro atoms. The lowest BCUT2D eigenvalue weighted by atomic mass is 9.90. The predicted molar refractivity (Wildman–Crippen MR) is 121 cm³/mol. The lowest BCUT2D eigenvalue weighted by Gasteiger charge is -2.30. The van der Waals surface area contributed by atoms with Crippen LogP contribution in [-0.2, 0) is 35.4 Å². The highest BCUT2D eigenvalue weighted by Crippen LogP contribution is 2.31. The minimum absolute atomic E-state index is 0.0565. The van der Waals surface area contributed by atoms with Gasteiger partial charge in [-0.3, -0.25) is 14.4 Å². The van der Waals surface area contributed by atoms with Crippen LogP contribution in [-0.4, -0.2) is 28.4 Å². The second-order valence-corrected chi connectivity index (χ2v) is 8.76. The molecule has 0 bridgehead atoms. The van der Waals surface area contributed by atoms with Crippen LogP contribution in [0.15, 0.2) is 54.6 Å². The molecule has 4 nitrogen and oxygen atoms in total. The van der Waals surface area contributed by atoms with Crippen molar-refractivity contribution in [3.63, 3.8) is 0 Å². The van der Waals surface area contributed by atoms with Crippen LogP contribution in [0.25, 0.3) is 0 Å². The summed E-state index contributed by atoms with van der Waals surface area (Å²) in [6.07, 6.45) is 4.43. The molecule has 2 aromatic rings. The number of Topliss-reactive ketones (excluding diaryl/α,β-unsaturated/α-hetero) is 2. The Kier molecular flexibility index (Phi) is 6.17. The third-order valence-electron chi connectivity index (χ3n) is 6.47. The highest BCUT2D eigenvalue weighted by Gasteiger charge is 2.37. The third kappa shape index (κ3) is 4.68. The molecule has 0 N–H and O–H groups in total. The van der Waals surface area contributed by atoms with Crippen molar-refractivity contribution in [1.29, 1.82) is 0 Å². The first-order valence-electron chi connectivity index (χ1n) is 11.2. The van der Waals surface area contributed by atoms with Crippen molar-refractivity contribution in [3.05, 3.63) is 82.4 Å². The quantitative estimate of drug-likeness (QED) is 0.620. The Morgan fingerprint density at radius 2 is 1.77 bits per heavy atom. The molecule has 1 unspecified atom stereocenters. The van der Waals surface area contributed by atoms with E-state index in [2.05, 4.69) is 25.6 Å². The predicted octanol–water partition coefficient (Wildman–Crippen LogP) is 4.63. The van der Waals surface area contributed by atoms with Crippen LogP contribution in [0.3, 0.4) is 0 Å². The van der Waals surface area contributed by atoms with Crippen molar-refractivity contribution >= 4 is 17.5 Å². The van der Waals surface area contributed by atoms with Gasteiger partial charge in [-0.05, 0) is 54.0 Å². The highest BCUT2D eigenvalue weighted by molar-refractivity contribution is 6.02. The fourth-order valence-corrected chi connectivity index (χ4v) is 4.58. The summed E-state index contributed by atoms with van der Waals surface area (Å²) >= 11 is 0. The molecule has 1 fully saturated rings. The molecule has 4 rings (SSSR count). The maximum absolute atomic E-state index is 12.8. The molecule has 1 heterocycles. The first kappa shape index (κ1) is 21.2. The summed E-state index contributed by atoms with van der Waals surface area (Å²) in [6, 6.07) is 13.7. The highest BCUT2D eigenvalue weighted by atomic mass is 16.2. The van der Waals surface area contributed by atoms with E-state index in [0.29, 0.717) is 44.2 Å². The Hall–Kier alpha value is -3.01. The average Bonchev–Trinajstić information content (AvgIpc) is 3.08. The third-order valence-corrected chi connectivity index (χ3v) is 6.47. The number of allylic oxidation sites excluding steroid dienone is 1. The molecule has 1 atom stereocenters. The number of carbonyl (C=O) groups excluding carboxylic acids is 3. The Balaban J connectivity index is 1.36. The minimum atomic E-state index is -0.338. The average molecular weight is 416 g/mol. The minimum Gasteiger partial charge on any atom is -0.324 e. The van der Waals surface area contributed by atoms with Crippen LogP contribution in [0, 0.1) is 0 Å². The molecule has 1 amide bonds. The van der Waals surface area contributed by atoms with Crippen molar-refractivity contribution in [1.82, 2.24) is 4.90 Å². The summed E-state index contributed by atoms with van der Waals surface area (Å²) in [5.41, 5.74) is 5.99. The lowest BCUT2D eigenvalue weighted by Crippen LogP contribution is -2.43. The Bertz CT molecular complexity index is 1030. The van der Waals surface area contributed by atoms with Gasteiger partial charge in [0.15, 0.2) is 5.78 Å². The summed E-state index contributed by atoms with van der Waals surface area (Å²) < 4.78 is 0.